The standard InChI is InChI=1S/C27H33N5O4/c1-18-12-21(14-22(13-18)32-17-20(3)29-27(32)33)25-16-28-26(36-25)30-24-15-23(5-4-19(24)2)35-11-8-31-6-9-34-10-7-31/h4-5,12-16,20H,6-11,17H2,1-3H3,(H,28,30)(H,29,33). The molecule has 5 rings (SSSR count). The minimum atomic E-state index is -0.0819. The van der Waals surface area contributed by atoms with Crippen LogP contribution in [0.15, 0.2) is 47.0 Å². The van der Waals surface area contributed by atoms with Gasteiger partial charge in [0.1, 0.15) is 12.4 Å². The molecule has 3 aromatic rings. The predicted molar refractivity (Wildman–Crippen MR) is 139 cm³/mol. The van der Waals surface area contributed by atoms with Gasteiger partial charge in [-0.1, -0.05) is 6.07 Å². The van der Waals surface area contributed by atoms with Gasteiger partial charge in [0, 0.05) is 55.2 Å². The van der Waals surface area contributed by atoms with Crippen molar-refractivity contribution < 1.29 is 18.7 Å². The number of hydrogen-bond donors (Lipinski definition) is 2. The summed E-state index contributed by atoms with van der Waals surface area (Å²) in [5.41, 5.74) is 4.69. The highest BCUT2D eigenvalue weighted by Crippen LogP contribution is 2.31. The Morgan fingerprint density at radius 3 is 2.78 bits per heavy atom. The molecule has 2 aromatic carbocycles. The van der Waals surface area contributed by atoms with Crippen LogP contribution in [0.25, 0.3) is 11.3 Å². The van der Waals surface area contributed by atoms with Gasteiger partial charge in [-0.2, -0.15) is 0 Å². The van der Waals surface area contributed by atoms with Gasteiger partial charge < -0.3 is 24.5 Å². The number of aromatic nitrogens is 1. The minimum absolute atomic E-state index is 0.0819. The van der Waals surface area contributed by atoms with E-state index in [4.69, 9.17) is 13.9 Å². The van der Waals surface area contributed by atoms with Crippen molar-refractivity contribution in [2.45, 2.75) is 26.8 Å². The van der Waals surface area contributed by atoms with Crippen LogP contribution in [0.4, 0.5) is 22.2 Å². The van der Waals surface area contributed by atoms with Gasteiger partial charge in [-0.25, -0.2) is 9.78 Å². The summed E-state index contributed by atoms with van der Waals surface area (Å²) in [5.74, 6) is 1.43. The normalized spacial score (nSPS) is 18.4. The molecule has 2 aliphatic heterocycles. The fraction of sp³-hybridized carbons (Fsp3) is 0.407. The topological polar surface area (TPSA) is 92.1 Å². The lowest BCUT2D eigenvalue weighted by Crippen LogP contribution is -2.38. The van der Waals surface area contributed by atoms with E-state index in [0.717, 1.165) is 66.7 Å². The summed E-state index contributed by atoms with van der Waals surface area (Å²) in [6.45, 7) is 11.6. The molecule has 1 unspecified atom stereocenters. The van der Waals surface area contributed by atoms with Crippen molar-refractivity contribution in [2.24, 2.45) is 0 Å². The molecule has 0 aliphatic carbocycles. The highest BCUT2D eigenvalue weighted by Gasteiger charge is 2.27. The zero-order valence-corrected chi connectivity index (χ0v) is 21.0. The van der Waals surface area contributed by atoms with E-state index in [1.165, 1.54) is 0 Å². The average Bonchev–Trinajstić information content (AvgIpc) is 3.47. The fourth-order valence-electron chi connectivity index (χ4n) is 4.50. The predicted octanol–water partition coefficient (Wildman–Crippen LogP) is 4.33. The van der Waals surface area contributed by atoms with Gasteiger partial charge in [-0.3, -0.25) is 9.80 Å². The summed E-state index contributed by atoms with van der Waals surface area (Å²) in [7, 11) is 0. The molecule has 2 N–H and O–H groups in total. The van der Waals surface area contributed by atoms with E-state index < -0.39 is 0 Å². The van der Waals surface area contributed by atoms with Gasteiger partial charge >= 0.3 is 6.03 Å². The van der Waals surface area contributed by atoms with Crippen LogP contribution in [-0.2, 0) is 4.74 Å². The number of ether oxygens (including phenoxy) is 2. The van der Waals surface area contributed by atoms with Gasteiger partial charge in [0.2, 0.25) is 0 Å². The smallest absolute Gasteiger partial charge is 0.322 e. The van der Waals surface area contributed by atoms with Crippen molar-refractivity contribution in [3.63, 3.8) is 0 Å². The van der Waals surface area contributed by atoms with Crippen LogP contribution < -0.4 is 20.3 Å². The zero-order chi connectivity index (χ0) is 25.1. The van der Waals surface area contributed by atoms with Crippen LogP contribution in [-0.4, -0.2) is 68.0 Å². The first-order valence-corrected chi connectivity index (χ1v) is 12.4. The summed E-state index contributed by atoms with van der Waals surface area (Å²) in [5, 5.41) is 6.22. The largest absolute Gasteiger partial charge is 0.492 e. The summed E-state index contributed by atoms with van der Waals surface area (Å²) in [4.78, 5) is 20.8. The Labute approximate surface area is 211 Å². The molecular formula is C27H33N5O4. The molecule has 3 heterocycles. The second-order valence-corrected chi connectivity index (χ2v) is 9.45. The van der Waals surface area contributed by atoms with Gasteiger partial charge in [0.05, 0.1) is 19.4 Å². The van der Waals surface area contributed by atoms with Crippen molar-refractivity contribution in [2.75, 3.05) is 56.2 Å². The molecule has 2 fully saturated rings. The van der Waals surface area contributed by atoms with Crippen molar-refractivity contribution in [1.82, 2.24) is 15.2 Å². The number of rotatable bonds is 8. The van der Waals surface area contributed by atoms with Crippen molar-refractivity contribution in [3.05, 3.63) is 53.7 Å². The van der Waals surface area contributed by atoms with E-state index in [9.17, 15) is 4.79 Å². The second-order valence-electron chi connectivity index (χ2n) is 9.45. The number of nitrogens with one attached hydrogen (secondary N) is 2. The monoisotopic (exact) mass is 491 g/mol. The molecule has 2 aliphatic rings. The number of amides is 2. The number of carbonyl (C=O) groups excluding carboxylic acids is 1. The Kier molecular flexibility index (Phi) is 7.11. The summed E-state index contributed by atoms with van der Waals surface area (Å²) < 4.78 is 17.4. The first kappa shape index (κ1) is 24.1. The molecule has 0 spiro atoms. The highest BCUT2D eigenvalue weighted by molar-refractivity contribution is 5.95. The number of nitrogens with zero attached hydrogens (tertiary/aromatic N) is 3. The first-order valence-electron chi connectivity index (χ1n) is 12.4. The Bertz CT molecular complexity index is 1220. The number of aryl methyl sites for hydroxylation is 2. The van der Waals surface area contributed by atoms with Crippen molar-refractivity contribution >= 4 is 23.4 Å². The number of hydrogen-bond acceptors (Lipinski definition) is 7. The molecule has 2 amide bonds. The quantitative estimate of drug-likeness (QED) is 0.485. The van der Waals surface area contributed by atoms with Gasteiger partial charge in [0.15, 0.2) is 5.76 Å². The van der Waals surface area contributed by atoms with Crippen LogP contribution in [0.2, 0.25) is 0 Å². The molecular weight excluding hydrogens is 458 g/mol. The van der Waals surface area contributed by atoms with Crippen molar-refractivity contribution in [3.8, 4) is 17.1 Å². The Balaban J connectivity index is 1.26. The molecule has 0 radical (unpaired) electrons. The van der Waals surface area contributed by atoms with Crippen LogP contribution >= 0.6 is 0 Å². The minimum Gasteiger partial charge on any atom is -0.492 e. The maximum atomic E-state index is 12.3. The summed E-state index contributed by atoms with van der Waals surface area (Å²) in [6.07, 6.45) is 1.70. The van der Waals surface area contributed by atoms with Crippen LogP contribution in [0.3, 0.4) is 0 Å². The molecule has 0 saturated carbocycles. The molecule has 1 aromatic heterocycles. The number of carbonyl (C=O) groups is 1. The van der Waals surface area contributed by atoms with Crippen LogP contribution in [0.5, 0.6) is 5.75 Å². The molecule has 9 nitrogen and oxygen atoms in total. The van der Waals surface area contributed by atoms with Crippen molar-refractivity contribution in [1.29, 1.82) is 0 Å². The molecule has 1 atom stereocenters. The number of urea groups is 1. The van der Waals surface area contributed by atoms with E-state index in [1.807, 2.05) is 57.2 Å². The number of morpholine rings is 1. The van der Waals surface area contributed by atoms with Gasteiger partial charge in [-0.15, -0.1) is 0 Å². The number of benzene rings is 2. The van der Waals surface area contributed by atoms with E-state index in [-0.39, 0.29) is 12.1 Å². The maximum Gasteiger partial charge on any atom is 0.322 e. The number of anilines is 3. The summed E-state index contributed by atoms with van der Waals surface area (Å²) in [6, 6.07) is 12.4. The third kappa shape index (κ3) is 5.63. The zero-order valence-electron chi connectivity index (χ0n) is 21.0. The molecule has 190 valence electrons. The Morgan fingerprint density at radius 1 is 1.17 bits per heavy atom. The van der Waals surface area contributed by atoms with Gasteiger partial charge in [0.25, 0.3) is 6.01 Å². The Hall–Kier alpha value is -3.56. The third-order valence-corrected chi connectivity index (χ3v) is 6.47. The molecule has 36 heavy (non-hydrogen) atoms. The molecule has 2 saturated heterocycles. The second kappa shape index (κ2) is 10.6. The SMILES string of the molecule is Cc1cc(-c2cnc(Nc3cc(OCCN4CCOCC4)ccc3C)o2)cc(N2CC(C)NC2=O)c1. The van der Waals surface area contributed by atoms with Crippen LogP contribution in [0, 0.1) is 13.8 Å². The Morgan fingerprint density at radius 2 is 2.00 bits per heavy atom. The van der Waals surface area contributed by atoms with E-state index in [0.29, 0.717) is 24.9 Å². The maximum absolute atomic E-state index is 12.3. The summed E-state index contributed by atoms with van der Waals surface area (Å²) >= 11 is 0. The number of oxazole rings is 1. The van der Waals surface area contributed by atoms with Crippen LogP contribution in [0.1, 0.15) is 18.1 Å². The van der Waals surface area contributed by atoms with E-state index >= 15 is 0 Å². The fourth-order valence-corrected chi connectivity index (χ4v) is 4.50. The van der Waals surface area contributed by atoms with Gasteiger partial charge in [-0.05, 0) is 56.2 Å². The first-order chi connectivity index (χ1) is 17.4. The lowest BCUT2D eigenvalue weighted by molar-refractivity contribution is 0.0322. The molecule has 9 heteroatoms. The lowest BCUT2D eigenvalue weighted by atomic mass is 10.1. The third-order valence-electron chi connectivity index (χ3n) is 6.47. The van der Waals surface area contributed by atoms with E-state index in [2.05, 4.69) is 20.5 Å². The van der Waals surface area contributed by atoms with E-state index in [1.54, 1.807) is 11.1 Å². The molecule has 0 bridgehead atoms. The average molecular weight is 492 g/mol. The lowest BCUT2D eigenvalue weighted by Gasteiger charge is -2.26. The highest BCUT2D eigenvalue weighted by atomic mass is 16.5.